The lowest BCUT2D eigenvalue weighted by Gasteiger charge is -2.10. The molecule has 0 aliphatic carbocycles. The lowest BCUT2D eigenvalue weighted by molar-refractivity contribution is 0.290. The van der Waals surface area contributed by atoms with E-state index in [2.05, 4.69) is 38.1 Å². The number of halogens is 1. The maximum atomic E-state index is 14.4. The van der Waals surface area contributed by atoms with E-state index in [1.807, 2.05) is 6.07 Å². The molecule has 0 radical (unpaired) electrons. The molecule has 0 bridgehead atoms. The average Bonchev–Trinajstić information content (AvgIpc) is 2.72. The van der Waals surface area contributed by atoms with Gasteiger partial charge in [-0.05, 0) is 48.1 Å². The molecule has 0 atom stereocenters. The average molecular weight is 385 g/mol. The summed E-state index contributed by atoms with van der Waals surface area (Å²) in [5.41, 5.74) is 3.32. The van der Waals surface area contributed by atoms with E-state index in [1.54, 1.807) is 12.1 Å². The standard InChI is InChI=1S/C26H37FO/c1-3-5-7-9-10-12-20-28-26-19-18-24(21-25(26)27)23-16-14-22(15-17-23)13-11-8-6-4-2/h14-19,21H,3-13,20H2,1-2H3. The fourth-order valence-corrected chi connectivity index (χ4v) is 3.48. The molecule has 0 saturated carbocycles. The second-order valence-electron chi connectivity index (χ2n) is 7.77. The summed E-state index contributed by atoms with van der Waals surface area (Å²) in [7, 11) is 0. The van der Waals surface area contributed by atoms with Crippen LogP contribution in [0.3, 0.4) is 0 Å². The molecule has 0 aromatic heterocycles. The molecule has 0 heterocycles. The van der Waals surface area contributed by atoms with E-state index in [1.165, 1.54) is 56.9 Å². The van der Waals surface area contributed by atoms with Crippen LogP contribution in [-0.2, 0) is 6.42 Å². The summed E-state index contributed by atoms with van der Waals surface area (Å²) >= 11 is 0. The SMILES string of the molecule is CCCCCCCCOc1ccc(-c2ccc(CCCCCC)cc2)cc1F. The van der Waals surface area contributed by atoms with Crippen molar-refractivity contribution in [3.63, 3.8) is 0 Å². The van der Waals surface area contributed by atoms with Gasteiger partial charge in [-0.1, -0.05) is 95.5 Å². The van der Waals surface area contributed by atoms with Crippen molar-refractivity contribution in [2.75, 3.05) is 6.61 Å². The van der Waals surface area contributed by atoms with Gasteiger partial charge in [0.1, 0.15) is 0 Å². The van der Waals surface area contributed by atoms with Gasteiger partial charge in [-0.25, -0.2) is 4.39 Å². The van der Waals surface area contributed by atoms with Gasteiger partial charge in [0.2, 0.25) is 0 Å². The van der Waals surface area contributed by atoms with Crippen molar-refractivity contribution in [2.24, 2.45) is 0 Å². The zero-order valence-electron chi connectivity index (χ0n) is 17.8. The minimum absolute atomic E-state index is 0.271. The normalized spacial score (nSPS) is 11.0. The van der Waals surface area contributed by atoms with Gasteiger partial charge in [0.25, 0.3) is 0 Å². The molecule has 2 aromatic rings. The maximum absolute atomic E-state index is 14.4. The van der Waals surface area contributed by atoms with E-state index in [-0.39, 0.29) is 5.82 Å². The molecule has 154 valence electrons. The Bertz CT molecular complexity index is 663. The largest absolute Gasteiger partial charge is 0.491 e. The predicted molar refractivity (Wildman–Crippen MR) is 119 cm³/mol. The molecule has 0 spiro atoms. The Balaban J connectivity index is 1.80. The summed E-state index contributed by atoms with van der Waals surface area (Å²) in [5.74, 6) is 0.0944. The van der Waals surface area contributed by atoms with Crippen molar-refractivity contribution in [2.45, 2.75) is 84.5 Å². The second-order valence-corrected chi connectivity index (χ2v) is 7.77. The van der Waals surface area contributed by atoms with Gasteiger partial charge in [0.15, 0.2) is 11.6 Å². The highest BCUT2D eigenvalue weighted by Gasteiger charge is 2.07. The highest BCUT2D eigenvalue weighted by Crippen LogP contribution is 2.26. The molecule has 2 aromatic carbocycles. The van der Waals surface area contributed by atoms with Crippen molar-refractivity contribution >= 4 is 0 Å². The minimum atomic E-state index is -0.271. The first-order chi connectivity index (χ1) is 13.7. The molecule has 0 saturated heterocycles. The van der Waals surface area contributed by atoms with Crippen molar-refractivity contribution in [3.05, 3.63) is 53.8 Å². The molecule has 0 amide bonds. The van der Waals surface area contributed by atoms with E-state index < -0.39 is 0 Å². The first kappa shape index (κ1) is 22.5. The Labute approximate surface area is 171 Å². The highest BCUT2D eigenvalue weighted by molar-refractivity contribution is 5.64. The Kier molecular flexibility index (Phi) is 10.7. The van der Waals surface area contributed by atoms with E-state index in [9.17, 15) is 4.39 Å². The Morgan fingerprint density at radius 2 is 1.29 bits per heavy atom. The molecule has 0 unspecified atom stereocenters. The van der Waals surface area contributed by atoms with Crippen LogP contribution in [-0.4, -0.2) is 6.61 Å². The fourth-order valence-electron chi connectivity index (χ4n) is 3.48. The number of hydrogen-bond donors (Lipinski definition) is 0. The summed E-state index contributed by atoms with van der Waals surface area (Å²) in [6.07, 6.45) is 13.5. The van der Waals surface area contributed by atoms with Crippen molar-refractivity contribution in [1.29, 1.82) is 0 Å². The maximum Gasteiger partial charge on any atom is 0.165 e. The molecule has 0 aliphatic heterocycles. The molecular formula is C26H37FO. The minimum Gasteiger partial charge on any atom is -0.491 e. The molecule has 0 aliphatic rings. The lowest BCUT2D eigenvalue weighted by atomic mass is 10.0. The van der Waals surface area contributed by atoms with Gasteiger partial charge in [0, 0.05) is 0 Å². The number of benzene rings is 2. The highest BCUT2D eigenvalue weighted by atomic mass is 19.1. The molecule has 0 fully saturated rings. The quantitative estimate of drug-likeness (QED) is 0.297. The third-order valence-electron chi connectivity index (χ3n) is 5.29. The summed E-state index contributed by atoms with van der Waals surface area (Å²) in [6.45, 7) is 5.05. The number of rotatable bonds is 14. The number of unbranched alkanes of at least 4 members (excludes halogenated alkanes) is 8. The molecule has 28 heavy (non-hydrogen) atoms. The fraction of sp³-hybridized carbons (Fsp3) is 0.538. The van der Waals surface area contributed by atoms with Crippen LogP contribution in [0.4, 0.5) is 4.39 Å². The van der Waals surface area contributed by atoms with Gasteiger partial charge >= 0.3 is 0 Å². The summed E-state index contributed by atoms with van der Waals surface area (Å²) in [5, 5.41) is 0. The predicted octanol–water partition coefficient (Wildman–Crippen LogP) is 8.35. The van der Waals surface area contributed by atoms with Crippen LogP contribution < -0.4 is 4.74 Å². The molecular weight excluding hydrogens is 347 g/mol. The molecule has 2 heteroatoms. The van der Waals surface area contributed by atoms with E-state index in [0.717, 1.165) is 30.4 Å². The van der Waals surface area contributed by atoms with Crippen molar-refractivity contribution in [3.8, 4) is 16.9 Å². The Morgan fingerprint density at radius 1 is 0.679 bits per heavy atom. The van der Waals surface area contributed by atoms with Crippen LogP contribution in [0, 0.1) is 5.82 Å². The van der Waals surface area contributed by atoms with Crippen LogP contribution >= 0.6 is 0 Å². The Morgan fingerprint density at radius 3 is 1.96 bits per heavy atom. The monoisotopic (exact) mass is 384 g/mol. The van der Waals surface area contributed by atoms with E-state index in [0.29, 0.717) is 12.4 Å². The van der Waals surface area contributed by atoms with Gasteiger partial charge < -0.3 is 4.74 Å². The molecule has 1 nitrogen and oxygen atoms in total. The zero-order chi connectivity index (χ0) is 20.0. The number of aryl methyl sites for hydroxylation is 1. The van der Waals surface area contributed by atoms with E-state index in [4.69, 9.17) is 4.74 Å². The van der Waals surface area contributed by atoms with Crippen LogP contribution in [0.15, 0.2) is 42.5 Å². The van der Waals surface area contributed by atoms with Crippen molar-refractivity contribution in [1.82, 2.24) is 0 Å². The van der Waals surface area contributed by atoms with Gasteiger partial charge in [-0.2, -0.15) is 0 Å². The summed E-state index contributed by atoms with van der Waals surface area (Å²) in [4.78, 5) is 0. The lowest BCUT2D eigenvalue weighted by Crippen LogP contribution is -1.99. The first-order valence-corrected chi connectivity index (χ1v) is 11.3. The zero-order valence-corrected chi connectivity index (χ0v) is 17.8. The van der Waals surface area contributed by atoms with Crippen molar-refractivity contribution < 1.29 is 9.13 Å². The van der Waals surface area contributed by atoms with Gasteiger partial charge in [-0.3, -0.25) is 0 Å². The molecule has 0 N–H and O–H groups in total. The third kappa shape index (κ3) is 8.04. The summed E-state index contributed by atoms with van der Waals surface area (Å²) < 4.78 is 20.0. The van der Waals surface area contributed by atoms with Gasteiger partial charge in [0.05, 0.1) is 6.61 Å². The topological polar surface area (TPSA) is 9.23 Å². The number of ether oxygens (including phenoxy) is 1. The number of hydrogen-bond acceptors (Lipinski definition) is 1. The van der Waals surface area contributed by atoms with Gasteiger partial charge in [-0.15, -0.1) is 0 Å². The smallest absolute Gasteiger partial charge is 0.165 e. The summed E-state index contributed by atoms with van der Waals surface area (Å²) in [6, 6.07) is 13.8. The van der Waals surface area contributed by atoms with E-state index >= 15 is 0 Å². The van der Waals surface area contributed by atoms with Crippen LogP contribution in [0.5, 0.6) is 5.75 Å². The second kappa shape index (κ2) is 13.4. The van der Waals surface area contributed by atoms with Crippen LogP contribution in [0.25, 0.3) is 11.1 Å². The third-order valence-corrected chi connectivity index (χ3v) is 5.29. The molecule has 2 rings (SSSR count). The van der Waals surface area contributed by atoms with Crippen LogP contribution in [0.1, 0.15) is 83.6 Å². The van der Waals surface area contributed by atoms with Crippen LogP contribution in [0.2, 0.25) is 0 Å². The Hall–Kier alpha value is -1.83. The first-order valence-electron chi connectivity index (χ1n) is 11.3.